The predicted molar refractivity (Wildman–Crippen MR) is 73.8 cm³/mol. The van der Waals surface area contributed by atoms with Crippen molar-refractivity contribution < 1.29 is 13.2 Å². The fourth-order valence-electron chi connectivity index (χ4n) is 1.31. The maximum atomic E-state index is 11.6. The second-order valence-electron chi connectivity index (χ2n) is 4.11. The summed E-state index contributed by atoms with van der Waals surface area (Å²) in [6.45, 7) is 0.770. The molecule has 0 bridgehead atoms. The number of sulfone groups is 1. The van der Waals surface area contributed by atoms with E-state index in [1.165, 1.54) is 4.88 Å². The molecule has 7 heteroatoms. The van der Waals surface area contributed by atoms with Crippen LogP contribution in [0.4, 0.5) is 4.79 Å². The SMILES string of the molecule is CN(CCc1cccs1)C(=O)NCCS(C)(=O)=O. The van der Waals surface area contributed by atoms with Crippen LogP contribution in [-0.2, 0) is 16.3 Å². The maximum absolute atomic E-state index is 11.6. The van der Waals surface area contributed by atoms with Gasteiger partial charge in [-0.3, -0.25) is 0 Å². The Labute approximate surface area is 112 Å². The molecule has 18 heavy (non-hydrogen) atoms. The van der Waals surface area contributed by atoms with Gasteiger partial charge in [0.25, 0.3) is 0 Å². The first-order valence-electron chi connectivity index (χ1n) is 5.57. The number of thiophene rings is 1. The average molecular weight is 290 g/mol. The summed E-state index contributed by atoms with van der Waals surface area (Å²) in [6, 6.07) is 3.77. The van der Waals surface area contributed by atoms with Crippen molar-refractivity contribution in [3.63, 3.8) is 0 Å². The van der Waals surface area contributed by atoms with Gasteiger partial charge in [-0.2, -0.15) is 0 Å². The van der Waals surface area contributed by atoms with E-state index >= 15 is 0 Å². The molecule has 1 N–H and O–H groups in total. The molecule has 0 aliphatic carbocycles. The molecule has 1 aromatic rings. The lowest BCUT2D eigenvalue weighted by molar-refractivity contribution is 0.210. The van der Waals surface area contributed by atoms with Gasteiger partial charge in [-0.15, -0.1) is 11.3 Å². The van der Waals surface area contributed by atoms with Crippen LogP contribution < -0.4 is 5.32 Å². The van der Waals surface area contributed by atoms with Crippen LogP contribution >= 0.6 is 11.3 Å². The van der Waals surface area contributed by atoms with Gasteiger partial charge in [-0.1, -0.05) is 6.07 Å². The van der Waals surface area contributed by atoms with E-state index in [-0.39, 0.29) is 18.3 Å². The number of amides is 2. The molecule has 102 valence electrons. The number of urea groups is 1. The number of hydrogen-bond acceptors (Lipinski definition) is 4. The van der Waals surface area contributed by atoms with Crippen molar-refractivity contribution in [2.24, 2.45) is 0 Å². The smallest absolute Gasteiger partial charge is 0.317 e. The van der Waals surface area contributed by atoms with Crippen LogP contribution in [0.2, 0.25) is 0 Å². The van der Waals surface area contributed by atoms with E-state index in [4.69, 9.17) is 0 Å². The van der Waals surface area contributed by atoms with Gasteiger partial charge >= 0.3 is 6.03 Å². The predicted octanol–water partition coefficient (Wildman–Crippen LogP) is 0.977. The summed E-state index contributed by atoms with van der Waals surface area (Å²) in [7, 11) is -1.33. The molecule has 1 heterocycles. The van der Waals surface area contributed by atoms with Crippen LogP contribution in [-0.4, -0.2) is 51.5 Å². The number of rotatable bonds is 6. The molecule has 0 spiro atoms. The third kappa shape index (κ3) is 6.02. The number of hydrogen-bond donors (Lipinski definition) is 1. The first-order chi connectivity index (χ1) is 8.38. The van der Waals surface area contributed by atoms with Gasteiger partial charge < -0.3 is 10.2 Å². The van der Waals surface area contributed by atoms with Gasteiger partial charge in [0.1, 0.15) is 9.84 Å². The summed E-state index contributed by atoms with van der Waals surface area (Å²) >= 11 is 1.66. The van der Waals surface area contributed by atoms with Crippen molar-refractivity contribution in [1.82, 2.24) is 10.2 Å². The summed E-state index contributed by atoms with van der Waals surface area (Å²) in [5, 5.41) is 4.58. The highest BCUT2D eigenvalue weighted by molar-refractivity contribution is 7.90. The van der Waals surface area contributed by atoms with Crippen LogP contribution in [0.5, 0.6) is 0 Å². The normalized spacial score (nSPS) is 11.2. The fourth-order valence-corrected chi connectivity index (χ4v) is 2.48. The number of carbonyl (C=O) groups excluding carboxylic acids is 1. The largest absolute Gasteiger partial charge is 0.337 e. The van der Waals surface area contributed by atoms with Gasteiger partial charge in [0.05, 0.1) is 5.75 Å². The zero-order valence-electron chi connectivity index (χ0n) is 10.5. The van der Waals surface area contributed by atoms with E-state index in [0.717, 1.165) is 12.7 Å². The Morgan fingerprint density at radius 3 is 2.78 bits per heavy atom. The Morgan fingerprint density at radius 2 is 2.22 bits per heavy atom. The Balaban J connectivity index is 2.24. The van der Waals surface area contributed by atoms with E-state index in [9.17, 15) is 13.2 Å². The Hall–Kier alpha value is -1.08. The van der Waals surface area contributed by atoms with E-state index < -0.39 is 9.84 Å². The first kappa shape index (κ1) is 15.0. The minimum absolute atomic E-state index is 0.0303. The van der Waals surface area contributed by atoms with Gasteiger partial charge in [-0.05, 0) is 17.9 Å². The van der Waals surface area contributed by atoms with Crippen LogP contribution in [0.3, 0.4) is 0 Å². The lowest BCUT2D eigenvalue weighted by atomic mass is 10.3. The minimum atomic E-state index is -3.02. The van der Waals surface area contributed by atoms with E-state index in [2.05, 4.69) is 5.32 Å². The highest BCUT2D eigenvalue weighted by Gasteiger charge is 2.09. The molecule has 0 unspecified atom stereocenters. The van der Waals surface area contributed by atoms with E-state index in [1.807, 2.05) is 17.5 Å². The summed E-state index contributed by atoms with van der Waals surface area (Å²) < 4.78 is 21.8. The molecule has 0 aliphatic rings. The monoisotopic (exact) mass is 290 g/mol. The van der Waals surface area contributed by atoms with Crippen molar-refractivity contribution >= 4 is 27.2 Å². The van der Waals surface area contributed by atoms with Gasteiger partial charge in [-0.25, -0.2) is 13.2 Å². The molecule has 0 atom stereocenters. The highest BCUT2D eigenvalue weighted by atomic mass is 32.2. The molecular formula is C11H18N2O3S2. The molecule has 0 aromatic carbocycles. The summed E-state index contributed by atoms with van der Waals surface area (Å²) in [4.78, 5) is 14.4. The highest BCUT2D eigenvalue weighted by Crippen LogP contribution is 2.09. The molecule has 1 rings (SSSR count). The summed E-state index contributed by atoms with van der Waals surface area (Å²) in [6.07, 6.45) is 1.97. The molecule has 2 amide bonds. The summed E-state index contributed by atoms with van der Waals surface area (Å²) in [5.74, 6) is -0.0303. The third-order valence-electron chi connectivity index (χ3n) is 2.37. The molecule has 0 saturated heterocycles. The van der Waals surface area contributed by atoms with Crippen LogP contribution in [0, 0.1) is 0 Å². The molecule has 0 aliphatic heterocycles. The van der Waals surface area contributed by atoms with Gasteiger partial charge in [0.2, 0.25) is 0 Å². The van der Waals surface area contributed by atoms with Crippen LogP contribution in [0.15, 0.2) is 17.5 Å². The van der Waals surface area contributed by atoms with E-state index in [1.54, 1.807) is 23.3 Å². The van der Waals surface area contributed by atoms with E-state index in [0.29, 0.717) is 6.54 Å². The Kier molecular flexibility index (Phi) is 5.61. The van der Waals surface area contributed by atoms with Crippen molar-refractivity contribution in [1.29, 1.82) is 0 Å². The molecule has 0 radical (unpaired) electrons. The van der Waals surface area contributed by atoms with Crippen molar-refractivity contribution in [2.45, 2.75) is 6.42 Å². The quantitative estimate of drug-likeness (QED) is 0.849. The van der Waals surface area contributed by atoms with Crippen molar-refractivity contribution in [2.75, 3.05) is 32.1 Å². The Bertz CT molecular complexity index is 468. The number of carbonyl (C=O) groups is 1. The zero-order valence-corrected chi connectivity index (χ0v) is 12.2. The lowest BCUT2D eigenvalue weighted by Crippen LogP contribution is -2.40. The molecule has 0 fully saturated rings. The first-order valence-corrected chi connectivity index (χ1v) is 8.51. The molecule has 0 saturated carbocycles. The Morgan fingerprint density at radius 1 is 1.50 bits per heavy atom. The minimum Gasteiger partial charge on any atom is -0.337 e. The second-order valence-corrected chi connectivity index (χ2v) is 7.40. The van der Waals surface area contributed by atoms with Crippen LogP contribution in [0.25, 0.3) is 0 Å². The second kappa shape index (κ2) is 6.75. The number of nitrogens with zero attached hydrogens (tertiary/aromatic N) is 1. The molecular weight excluding hydrogens is 272 g/mol. The number of likely N-dealkylation sites (N-methyl/N-ethyl adjacent to an activating group) is 1. The van der Waals surface area contributed by atoms with Crippen LogP contribution in [0.1, 0.15) is 4.88 Å². The van der Waals surface area contributed by atoms with Gasteiger partial charge in [0.15, 0.2) is 0 Å². The molecule has 1 aromatic heterocycles. The fraction of sp³-hybridized carbons (Fsp3) is 0.545. The van der Waals surface area contributed by atoms with Crippen molar-refractivity contribution in [3.05, 3.63) is 22.4 Å². The summed E-state index contributed by atoms with van der Waals surface area (Å²) in [5.41, 5.74) is 0. The standard InChI is InChI=1S/C11H18N2O3S2/c1-13(7-5-10-4-3-8-17-10)11(14)12-6-9-18(2,15)16/h3-4,8H,5-7,9H2,1-2H3,(H,12,14). The average Bonchev–Trinajstić information content (AvgIpc) is 2.76. The maximum Gasteiger partial charge on any atom is 0.317 e. The van der Waals surface area contributed by atoms with Gasteiger partial charge in [0, 0.05) is 31.3 Å². The van der Waals surface area contributed by atoms with Crippen molar-refractivity contribution in [3.8, 4) is 0 Å². The third-order valence-corrected chi connectivity index (χ3v) is 4.25. The zero-order chi connectivity index (χ0) is 13.6. The molecule has 5 nitrogen and oxygen atoms in total. The topological polar surface area (TPSA) is 66.5 Å². The number of nitrogens with one attached hydrogen (secondary N) is 1. The lowest BCUT2D eigenvalue weighted by Gasteiger charge is -2.17.